The molecular weight excluding hydrogens is 370 g/mol. The molecule has 4 nitrogen and oxygen atoms in total. The van der Waals surface area contributed by atoms with Crippen LogP contribution in [0.5, 0.6) is 11.5 Å². The van der Waals surface area contributed by atoms with Gasteiger partial charge in [-0.15, -0.1) is 0 Å². The number of fused-ring (bicyclic) bond motifs is 4. The lowest BCUT2D eigenvalue weighted by Gasteiger charge is -2.42. The van der Waals surface area contributed by atoms with E-state index >= 15 is 0 Å². The topological polar surface area (TPSA) is 39.5 Å². The minimum Gasteiger partial charge on any atom is -0.456 e. The summed E-state index contributed by atoms with van der Waals surface area (Å²) in [6, 6.07) is 7.32. The molecule has 0 aromatic heterocycles. The Morgan fingerprint density at radius 2 is 1.20 bits per heavy atom. The van der Waals surface area contributed by atoms with E-state index in [0.29, 0.717) is 0 Å². The molecule has 0 unspecified atom stereocenters. The van der Waals surface area contributed by atoms with Gasteiger partial charge in [0.2, 0.25) is 0 Å². The number of anilines is 2. The third-order valence-electron chi connectivity index (χ3n) is 7.96. The van der Waals surface area contributed by atoms with E-state index in [1.807, 2.05) is 0 Å². The third kappa shape index (κ3) is 2.16. The Kier molecular flexibility index (Phi) is 3.51. The van der Waals surface area contributed by atoms with Gasteiger partial charge in [0.1, 0.15) is 17.4 Å². The zero-order valence-electron chi connectivity index (χ0n) is 17.5. The quantitative estimate of drug-likeness (QED) is 0.637. The fourth-order valence-electron chi connectivity index (χ4n) is 6.79. The molecule has 5 aliphatic heterocycles. The summed E-state index contributed by atoms with van der Waals surface area (Å²) >= 11 is 0. The number of aryl methyl sites for hydroxylation is 2. The van der Waals surface area contributed by atoms with Crippen LogP contribution < -0.4 is 14.5 Å². The molecule has 7 rings (SSSR count). The smallest absolute Gasteiger partial charge is 0.137 e. The zero-order valence-corrected chi connectivity index (χ0v) is 17.5. The number of rotatable bonds is 0. The van der Waals surface area contributed by atoms with Gasteiger partial charge in [0.25, 0.3) is 0 Å². The van der Waals surface area contributed by atoms with E-state index in [-0.39, 0.29) is 5.92 Å². The van der Waals surface area contributed by atoms with Crippen LogP contribution in [0.15, 0.2) is 12.1 Å². The molecule has 5 heterocycles. The fourth-order valence-corrected chi connectivity index (χ4v) is 6.79. The predicted octanol–water partition coefficient (Wildman–Crippen LogP) is 4.85. The molecule has 152 valence electrons. The van der Waals surface area contributed by atoms with Gasteiger partial charge in [-0.2, -0.15) is 5.26 Å². The predicted molar refractivity (Wildman–Crippen MR) is 118 cm³/mol. The lowest BCUT2D eigenvalue weighted by Crippen LogP contribution is -2.36. The summed E-state index contributed by atoms with van der Waals surface area (Å²) in [5, 5.41) is 10.3. The number of nitriles is 1. The molecule has 30 heavy (non-hydrogen) atoms. The summed E-state index contributed by atoms with van der Waals surface area (Å²) in [6.45, 7) is 4.63. The largest absolute Gasteiger partial charge is 0.456 e. The van der Waals surface area contributed by atoms with Crippen LogP contribution in [0, 0.1) is 11.3 Å². The molecule has 4 heteroatoms. The van der Waals surface area contributed by atoms with E-state index in [9.17, 15) is 5.26 Å². The van der Waals surface area contributed by atoms with E-state index < -0.39 is 0 Å². The monoisotopic (exact) mass is 397 g/mol. The molecule has 2 aromatic carbocycles. The number of ether oxygens (including phenoxy) is 1. The SMILES string of the molecule is N#CC1c2cc3c4c(c2Oc2c1cc1c5c2CCCN5CCC1)CCCN4CCC3. The van der Waals surface area contributed by atoms with Gasteiger partial charge in [-0.1, -0.05) is 0 Å². The lowest BCUT2D eigenvalue weighted by molar-refractivity contribution is 0.434. The van der Waals surface area contributed by atoms with Crippen LogP contribution in [-0.4, -0.2) is 26.2 Å². The van der Waals surface area contributed by atoms with Crippen LogP contribution >= 0.6 is 0 Å². The van der Waals surface area contributed by atoms with Gasteiger partial charge in [-0.05, 0) is 74.6 Å². The number of hydrogen-bond donors (Lipinski definition) is 0. The minimum absolute atomic E-state index is 0.207. The van der Waals surface area contributed by atoms with Crippen molar-refractivity contribution in [1.29, 1.82) is 5.26 Å². The Hall–Kier alpha value is -2.67. The summed E-state index contributed by atoms with van der Waals surface area (Å²) in [6.07, 6.45) is 9.19. The molecular formula is C26H27N3O. The Balaban J connectivity index is 1.48. The number of hydrogen-bond acceptors (Lipinski definition) is 4. The van der Waals surface area contributed by atoms with Gasteiger partial charge >= 0.3 is 0 Å². The molecule has 0 saturated carbocycles. The molecule has 0 aliphatic carbocycles. The standard InChI is InChI=1S/C26H27N3O/c27-15-22-20-13-16-5-1-9-28-11-3-7-18(23(16)28)25(20)30-26-19-8-4-12-29-10-2-6-17(24(19)29)14-21(22)26/h13-14,22H,1-12H2. The summed E-state index contributed by atoms with van der Waals surface area (Å²) in [5.41, 5.74) is 10.7. The van der Waals surface area contributed by atoms with Crippen LogP contribution in [0.4, 0.5) is 11.4 Å². The van der Waals surface area contributed by atoms with E-state index in [0.717, 1.165) is 74.5 Å². The van der Waals surface area contributed by atoms with Crippen LogP contribution in [0.2, 0.25) is 0 Å². The van der Waals surface area contributed by atoms with Crippen LogP contribution in [-0.2, 0) is 25.7 Å². The molecule has 0 N–H and O–H groups in total. The van der Waals surface area contributed by atoms with Crippen molar-refractivity contribution in [1.82, 2.24) is 0 Å². The zero-order chi connectivity index (χ0) is 19.8. The molecule has 0 spiro atoms. The first-order valence-corrected chi connectivity index (χ1v) is 11.8. The van der Waals surface area contributed by atoms with Crippen molar-refractivity contribution in [3.05, 3.63) is 45.5 Å². The first kappa shape index (κ1) is 17.1. The van der Waals surface area contributed by atoms with Gasteiger partial charge in [0.15, 0.2) is 0 Å². The van der Waals surface area contributed by atoms with Crippen molar-refractivity contribution in [3.63, 3.8) is 0 Å². The first-order valence-electron chi connectivity index (χ1n) is 11.8. The van der Waals surface area contributed by atoms with Crippen molar-refractivity contribution in [2.75, 3.05) is 36.0 Å². The molecule has 0 bridgehead atoms. The highest BCUT2D eigenvalue weighted by molar-refractivity contribution is 5.77. The van der Waals surface area contributed by atoms with E-state index in [1.165, 1.54) is 59.3 Å². The first-order chi connectivity index (χ1) is 14.8. The average Bonchev–Trinajstić information content (AvgIpc) is 2.79. The van der Waals surface area contributed by atoms with Crippen LogP contribution in [0.1, 0.15) is 65.0 Å². The normalized spacial score (nSPS) is 21.0. The van der Waals surface area contributed by atoms with Crippen molar-refractivity contribution >= 4 is 11.4 Å². The van der Waals surface area contributed by atoms with E-state index in [2.05, 4.69) is 28.0 Å². The van der Waals surface area contributed by atoms with Gasteiger partial charge in [-0.3, -0.25) is 0 Å². The Morgan fingerprint density at radius 1 is 0.733 bits per heavy atom. The van der Waals surface area contributed by atoms with Crippen molar-refractivity contribution in [2.24, 2.45) is 0 Å². The van der Waals surface area contributed by atoms with Crippen LogP contribution in [0.3, 0.4) is 0 Å². The molecule has 2 aromatic rings. The van der Waals surface area contributed by atoms with E-state index in [4.69, 9.17) is 4.74 Å². The maximum absolute atomic E-state index is 10.3. The number of nitrogens with zero attached hydrogens (tertiary/aromatic N) is 3. The summed E-state index contributed by atoms with van der Waals surface area (Å²) in [7, 11) is 0. The van der Waals surface area contributed by atoms with Gasteiger partial charge in [0, 0.05) is 59.8 Å². The summed E-state index contributed by atoms with van der Waals surface area (Å²) < 4.78 is 6.85. The summed E-state index contributed by atoms with van der Waals surface area (Å²) in [5.74, 6) is 1.83. The highest BCUT2D eigenvalue weighted by Crippen LogP contribution is 2.55. The average molecular weight is 398 g/mol. The van der Waals surface area contributed by atoms with Gasteiger partial charge < -0.3 is 14.5 Å². The van der Waals surface area contributed by atoms with Gasteiger partial charge in [-0.25, -0.2) is 0 Å². The van der Waals surface area contributed by atoms with E-state index in [1.54, 1.807) is 0 Å². The fraction of sp³-hybridized carbons (Fsp3) is 0.500. The minimum atomic E-state index is -0.207. The maximum Gasteiger partial charge on any atom is 0.137 e. The van der Waals surface area contributed by atoms with Crippen molar-refractivity contribution in [3.8, 4) is 17.6 Å². The molecule has 0 radical (unpaired) electrons. The Labute approximate surface area is 178 Å². The number of benzene rings is 2. The Bertz CT molecular complexity index is 1040. The summed E-state index contributed by atoms with van der Waals surface area (Å²) in [4.78, 5) is 5.13. The lowest BCUT2D eigenvalue weighted by atomic mass is 9.79. The van der Waals surface area contributed by atoms with Crippen molar-refractivity contribution in [2.45, 2.75) is 57.3 Å². The second kappa shape index (κ2) is 6.17. The van der Waals surface area contributed by atoms with Crippen LogP contribution in [0.25, 0.3) is 0 Å². The molecule has 5 aliphatic rings. The maximum atomic E-state index is 10.3. The van der Waals surface area contributed by atoms with Crippen molar-refractivity contribution < 1.29 is 4.74 Å². The molecule has 0 saturated heterocycles. The highest BCUT2D eigenvalue weighted by Gasteiger charge is 2.38. The Morgan fingerprint density at radius 3 is 1.67 bits per heavy atom. The third-order valence-corrected chi connectivity index (χ3v) is 7.96. The molecule has 0 atom stereocenters. The highest BCUT2D eigenvalue weighted by atomic mass is 16.5. The van der Waals surface area contributed by atoms with Gasteiger partial charge in [0.05, 0.1) is 6.07 Å². The second-order valence-electron chi connectivity index (χ2n) is 9.61. The molecule has 0 amide bonds. The second-order valence-corrected chi connectivity index (χ2v) is 9.61. The molecule has 0 fully saturated rings.